The normalized spacial score (nSPS) is 17.8. The number of aryl methyl sites for hydroxylation is 2. The van der Waals surface area contributed by atoms with Gasteiger partial charge in [-0.25, -0.2) is 17.7 Å². The Morgan fingerprint density at radius 1 is 1.29 bits per heavy atom. The topological polar surface area (TPSA) is 70.6 Å². The second kappa shape index (κ2) is 6.41. The molecule has 1 amide bonds. The minimum absolute atomic E-state index is 0.0206. The van der Waals surface area contributed by atoms with Gasteiger partial charge in [-0.2, -0.15) is 0 Å². The molecule has 0 bridgehead atoms. The van der Waals surface area contributed by atoms with Crippen molar-refractivity contribution >= 4 is 27.3 Å². The van der Waals surface area contributed by atoms with Crippen LogP contribution in [0, 0.1) is 6.92 Å². The summed E-state index contributed by atoms with van der Waals surface area (Å²) >= 11 is 1.42. The van der Waals surface area contributed by atoms with E-state index >= 15 is 0 Å². The summed E-state index contributed by atoms with van der Waals surface area (Å²) in [5, 5.41) is 0.891. The van der Waals surface area contributed by atoms with Gasteiger partial charge < -0.3 is 4.90 Å². The maximum Gasteiger partial charge on any atom is 0.265 e. The highest BCUT2D eigenvalue weighted by Crippen LogP contribution is 2.21. The van der Waals surface area contributed by atoms with Crippen LogP contribution in [0.3, 0.4) is 0 Å². The lowest BCUT2D eigenvalue weighted by Gasteiger charge is -2.20. The molecule has 0 unspecified atom stereocenters. The van der Waals surface area contributed by atoms with Crippen molar-refractivity contribution < 1.29 is 13.2 Å². The number of nitrogens with zero attached hydrogens (tertiary/aromatic N) is 3. The van der Waals surface area contributed by atoms with Crippen LogP contribution in [0.2, 0.25) is 0 Å². The highest BCUT2D eigenvalue weighted by molar-refractivity contribution is 7.88. The number of thiazole rings is 1. The average molecular weight is 331 g/mol. The lowest BCUT2D eigenvalue weighted by molar-refractivity contribution is 0.0768. The van der Waals surface area contributed by atoms with Gasteiger partial charge in [-0.05, 0) is 19.8 Å². The van der Waals surface area contributed by atoms with Gasteiger partial charge in [0, 0.05) is 26.2 Å². The summed E-state index contributed by atoms with van der Waals surface area (Å²) in [5.41, 5.74) is 0.840. The number of carbonyl (C=O) groups is 1. The van der Waals surface area contributed by atoms with Gasteiger partial charge in [0.25, 0.3) is 5.91 Å². The molecular formula is C13H21N3O3S2. The maximum absolute atomic E-state index is 12.6. The fourth-order valence-corrected chi connectivity index (χ4v) is 4.30. The van der Waals surface area contributed by atoms with Gasteiger partial charge in [0.05, 0.1) is 17.0 Å². The Hall–Kier alpha value is -0.990. The summed E-state index contributed by atoms with van der Waals surface area (Å²) in [5.74, 6) is -0.0206. The molecule has 0 saturated carbocycles. The molecule has 1 saturated heterocycles. The first-order valence-corrected chi connectivity index (χ1v) is 9.70. The summed E-state index contributed by atoms with van der Waals surface area (Å²) in [6, 6.07) is 0. The average Bonchev–Trinajstić information content (AvgIpc) is 2.63. The molecule has 1 aromatic rings. The molecule has 6 nitrogen and oxygen atoms in total. The molecule has 1 aliphatic heterocycles. The Bertz CT molecular complexity index is 625. The predicted octanol–water partition coefficient (Wildman–Crippen LogP) is 1.12. The highest BCUT2D eigenvalue weighted by atomic mass is 32.2. The van der Waals surface area contributed by atoms with Crippen molar-refractivity contribution in [2.75, 3.05) is 32.4 Å². The number of carbonyl (C=O) groups excluding carboxylic acids is 1. The molecule has 0 atom stereocenters. The Morgan fingerprint density at radius 2 is 2.00 bits per heavy atom. The van der Waals surface area contributed by atoms with E-state index < -0.39 is 10.0 Å². The van der Waals surface area contributed by atoms with Crippen molar-refractivity contribution in [2.24, 2.45) is 0 Å². The van der Waals surface area contributed by atoms with Crippen molar-refractivity contribution in [3.63, 3.8) is 0 Å². The summed E-state index contributed by atoms with van der Waals surface area (Å²) < 4.78 is 24.7. The van der Waals surface area contributed by atoms with E-state index in [1.807, 2.05) is 13.8 Å². The third-order valence-corrected chi connectivity index (χ3v) is 5.85. The van der Waals surface area contributed by atoms with E-state index in [2.05, 4.69) is 4.98 Å². The van der Waals surface area contributed by atoms with Gasteiger partial charge in [-0.3, -0.25) is 4.79 Å². The summed E-state index contributed by atoms with van der Waals surface area (Å²) in [6.45, 7) is 5.75. The quantitative estimate of drug-likeness (QED) is 0.832. The molecular weight excluding hydrogens is 310 g/mol. The third kappa shape index (κ3) is 3.81. The molecule has 0 spiro atoms. The van der Waals surface area contributed by atoms with Crippen molar-refractivity contribution in [1.29, 1.82) is 0 Å². The first-order chi connectivity index (χ1) is 9.82. The van der Waals surface area contributed by atoms with Crippen LogP contribution >= 0.6 is 11.3 Å². The molecule has 21 heavy (non-hydrogen) atoms. The molecule has 0 aromatic carbocycles. The fraction of sp³-hybridized carbons (Fsp3) is 0.692. The molecule has 1 aromatic heterocycles. The monoisotopic (exact) mass is 331 g/mol. The zero-order chi connectivity index (χ0) is 15.6. The van der Waals surface area contributed by atoms with Gasteiger partial charge >= 0.3 is 0 Å². The zero-order valence-corrected chi connectivity index (χ0v) is 14.3. The molecule has 0 radical (unpaired) electrons. The molecule has 0 aliphatic carbocycles. The number of aromatic nitrogens is 1. The van der Waals surface area contributed by atoms with Gasteiger partial charge in [-0.1, -0.05) is 6.92 Å². The molecule has 118 valence electrons. The van der Waals surface area contributed by atoms with Crippen molar-refractivity contribution in [3.05, 3.63) is 15.6 Å². The lowest BCUT2D eigenvalue weighted by atomic mass is 10.2. The van der Waals surface area contributed by atoms with Crippen LogP contribution in [-0.4, -0.2) is 60.9 Å². The Balaban J connectivity index is 2.13. The van der Waals surface area contributed by atoms with Crippen molar-refractivity contribution in [2.45, 2.75) is 26.7 Å². The van der Waals surface area contributed by atoms with Crippen LogP contribution < -0.4 is 0 Å². The van der Waals surface area contributed by atoms with E-state index in [9.17, 15) is 13.2 Å². The highest BCUT2D eigenvalue weighted by Gasteiger charge is 2.26. The van der Waals surface area contributed by atoms with E-state index in [0.29, 0.717) is 37.5 Å². The first-order valence-electron chi connectivity index (χ1n) is 7.03. The fourth-order valence-electron chi connectivity index (χ4n) is 2.45. The van der Waals surface area contributed by atoms with Crippen molar-refractivity contribution in [3.8, 4) is 0 Å². The standard InChI is InChI=1S/C13H21N3O3S2/c1-4-11-12(20-10(2)14-11)13(17)15-6-5-7-16(9-8-15)21(3,18)19/h4-9H2,1-3H3. The van der Waals surface area contributed by atoms with Crippen LogP contribution in [0.1, 0.15) is 33.7 Å². The third-order valence-electron chi connectivity index (χ3n) is 3.54. The summed E-state index contributed by atoms with van der Waals surface area (Å²) in [4.78, 5) is 19.5. The minimum atomic E-state index is -3.19. The SMILES string of the molecule is CCc1nc(C)sc1C(=O)N1CCCN(S(C)(=O)=O)CC1. The summed E-state index contributed by atoms with van der Waals surface area (Å²) in [7, 11) is -3.19. The molecule has 1 aliphatic rings. The molecule has 1 fully saturated rings. The second-order valence-electron chi connectivity index (χ2n) is 5.17. The van der Waals surface area contributed by atoms with E-state index in [4.69, 9.17) is 0 Å². The van der Waals surface area contributed by atoms with Crippen LogP contribution in [0.5, 0.6) is 0 Å². The van der Waals surface area contributed by atoms with Crippen LogP contribution in [0.4, 0.5) is 0 Å². The van der Waals surface area contributed by atoms with Gasteiger partial charge in [-0.15, -0.1) is 11.3 Å². The van der Waals surface area contributed by atoms with Crippen LogP contribution in [-0.2, 0) is 16.4 Å². The van der Waals surface area contributed by atoms with Crippen LogP contribution in [0.15, 0.2) is 0 Å². The Kier molecular flexibility index (Phi) is 5.00. The predicted molar refractivity (Wildman–Crippen MR) is 83.2 cm³/mol. The summed E-state index contributed by atoms with van der Waals surface area (Å²) in [6.07, 6.45) is 2.61. The van der Waals surface area contributed by atoms with Crippen LogP contribution in [0.25, 0.3) is 0 Å². The Morgan fingerprint density at radius 3 is 2.62 bits per heavy atom. The van der Waals surface area contributed by atoms with Gasteiger partial charge in [0.1, 0.15) is 4.88 Å². The second-order valence-corrected chi connectivity index (χ2v) is 8.36. The van der Waals surface area contributed by atoms with Gasteiger partial charge in [0.2, 0.25) is 10.0 Å². The number of hydrogen-bond donors (Lipinski definition) is 0. The van der Waals surface area contributed by atoms with Crippen molar-refractivity contribution in [1.82, 2.24) is 14.2 Å². The number of amides is 1. The van der Waals surface area contributed by atoms with E-state index in [0.717, 1.165) is 17.1 Å². The number of rotatable bonds is 3. The molecule has 2 rings (SSSR count). The molecule has 0 N–H and O–H groups in total. The maximum atomic E-state index is 12.6. The smallest absolute Gasteiger partial charge is 0.265 e. The minimum Gasteiger partial charge on any atom is -0.337 e. The number of hydrogen-bond acceptors (Lipinski definition) is 5. The zero-order valence-electron chi connectivity index (χ0n) is 12.6. The first kappa shape index (κ1) is 16.4. The van der Waals surface area contributed by atoms with Gasteiger partial charge in [0.15, 0.2) is 0 Å². The molecule has 2 heterocycles. The lowest BCUT2D eigenvalue weighted by Crippen LogP contribution is -2.37. The van der Waals surface area contributed by atoms with E-state index in [1.165, 1.54) is 21.9 Å². The Labute approximate surface area is 129 Å². The largest absolute Gasteiger partial charge is 0.337 e. The van der Waals surface area contributed by atoms with E-state index in [-0.39, 0.29) is 5.91 Å². The number of sulfonamides is 1. The molecule has 8 heteroatoms. The van der Waals surface area contributed by atoms with E-state index in [1.54, 1.807) is 4.90 Å².